The van der Waals surface area contributed by atoms with Gasteiger partial charge in [-0.2, -0.15) is 0 Å². The average Bonchev–Trinajstić information content (AvgIpc) is 2.59. The molecule has 0 spiro atoms. The molecule has 4 nitrogen and oxygen atoms in total. The van der Waals surface area contributed by atoms with Crippen LogP contribution in [0.25, 0.3) is 0 Å². The molecule has 0 aliphatic heterocycles. The number of carbonyl (C=O) groups is 1. The zero-order valence-corrected chi connectivity index (χ0v) is 11.3. The van der Waals surface area contributed by atoms with E-state index in [1.807, 2.05) is 26.0 Å². The largest absolute Gasteiger partial charge is 0.351 e. The second kappa shape index (κ2) is 6.18. The molecule has 0 radical (unpaired) electrons. The lowest BCUT2D eigenvalue weighted by molar-refractivity contribution is 0.112. The zero-order valence-electron chi connectivity index (χ0n) is 9.73. The quantitative estimate of drug-likeness (QED) is 0.734. The van der Waals surface area contributed by atoms with Gasteiger partial charge in [0.2, 0.25) is 0 Å². The van der Waals surface area contributed by atoms with Crippen molar-refractivity contribution in [2.45, 2.75) is 6.42 Å². The maximum atomic E-state index is 10.6. The van der Waals surface area contributed by atoms with E-state index in [1.54, 1.807) is 0 Å². The molecule has 0 aliphatic carbocycles. The van der Waals surface area contributed by atoms with Crippen molar-refractivity contribution in [3.8, 4) is 0 Å². The molecule has 0 fully saturated rings. The van der Waals surface area contributed by atoms with Crippen LogP contribution in [0.5, 0.6) is 0 Å². The van der Waals surface area contributed by atoms with Crippen LogP contribution in [0, 0.1) is 0 Å². The first kappa shape index (κ1) is 13.4. The van der Waals surface area contributed by atoms with Gasteiger partial charge < -0.3 is 9.80 Å². The van der Waals surface area contributed by atoms with E-state index in [2.05, 4.69) is 9.88 Å². The summed E-state index contributed by atoms with van der Waals surface area (Å²) in [5, 5.41) is 1.10. The first-order valence-electron chi connectivity index (χ1n) is 5.02. The van der Waals surface area contributed by atoms with Gasteiger partial charge in [-0.25, -0.2) is 4.98 Å². The molecule has 1 aromatic rings. The van der Waals surface area contributed by atoms with Gasteiger partial charge in [0.05, 0.1) is 0 Å². The van der Waals surface area contributed by atoms with Gasteiger partial charge in [-0.15, -0.1) is 0 Å². The van der Waals surface area contributed by atoms with Crippen LogP contribution < -0.4 is 4.90 Å². The van der Waals surface area contributed by atoms with Gasteiger partial charge in [-0.05, 0) is 27.1 Å². The number of aldehydes is 1. The van der Waals surface area contributed by atoms with E-state index in [4.69, 9.17) is 11.6 Å². The molecule has 0 aliphatic rings. The number of carbonyl (C=O) groups excluding carboxylic acids is 1. The summed E-state index contributed by atoms with van der Waals surface area (Å²) in [7, 11) is 6.05. The Bertz CT molecular complexity index is 354. The fourth-order valence-corrected chi connectivity index (χ4v) is 2.31. The molecular weight excluding hydrogens is 246 g/mol. The predicted molar refractivity (Wildman–Crippen MR) is 69.0 cm³/mol. The summed E-state index contributed by atoms with van der Waals surface area (Å²) in [5.41, 5.74) is 0. The van der Waals surface area contributed by atoms with Gasteiger partial charge in [0, 0.05) is 13.6 Å². The molecule has 1 heterocycles. The second-order valence-electron chi connectivity index (χ2n) is 3.85. The highest BCUT2D eigenvalue weighted by Crippen LogP contribution is 2.27. The molecule has 90 valence electrons. The van der Waals surface area contributed by atoms with Crippen molar-refractivity contribution in [3.63, 3.8) is 0 Å². The Morgan fingerprint density at radius 1 is 1.38 bits per heavy atom. The van der Waals surface area contributed by atoms with Crippen LogP contribution in [0.4, 0.5) is 5.13 Å². The summed E-state index contributed by atoms with van der Waals surface area (Å²) in [4.78, 5) is 19.4. The third-order valence-electron chi connectivity index (χ3n) is 2.13. The SMILES string of the molecule is CN(C)CCCN(C)c1nc(Cl)c(C=O)s1. The van der Waals surface area contributed by atoms with E-state index >= 15 is 0 Å². The minimum absolute atomic E-state index is 0.300. The van der Waals surface area contributed by atoms with Crippen LogP contribution in [-0.4, -0.2) is 50.4 Å². The highest BCUT2D eigenvalue weighted by atomic mass is 35.5. The van der Waals surface area contributed by atoms with Crippen LogP contribution in [0.3, 0.4) is 0 Å². The lowest BCUT2D eigenvalue weighted by Crippen LogP contribution is -2.23. The molecular formula is C10H16ClN3OS. The number of hydrogen-bond donors (Lipinski definition) is 0. The molecule has 0 saturated carbocycles. The summed E-state index contributed by atoms with van der Waals surface area (Å²) in [5.74, 6) is 0. The van der Waals surface area contributed by atoms with E-state index in [9.17, 15) is 4.79 Å². The minimum Gasteiger partial charge on any atom is -0.351 e. The van der Waals surface area contributed by atoms with E-state index in [0.29, 0.717) is 10.0 Å². The van der Waals surface area contributed by atoms with Crippen molar-refractivity contribution in [2.75, 3.05) is 39.1 Å². The predicted octanol–water partition coefficient (Wildman–Crippen LogP) is 2.00. The van der Waals surface area contributed by atoms with E-state index in [1.165, 1.54) is 11.3 Å². The third kappa shape index (κ3) is 3.73. The Balaban J connectivity index is 2.52. The first-order valence-corrected chi connectivity index (χ1v) is 6.21. The van der Waals surface area contributed by atoms with Crippen LogP contribution in [0.2, 0.25) is 5.15 Å². The summed E-state index contributed by atoms with van der Waals surface area (Å²) < 4.78 is 0. The van der Waals surface area contributed by atoms with Gasteiger partial charge in [-0.3, -0.25) is 4.79 Å². The van der Waals surface area contributed by atoms with Gasteiger partial charge >= 0.3 is 0 Å². The molecule has 0 aromatic carbocycles. The van der Waals surface area contributed by atoms with Crippen LogP contribution in [0.1, 0.15) is 16.1 Å². The second-order valence-corrected chi connectivity index (χ2v) is 5.21. The topological polar surface area (TPSA) is 36.4 Å². The maximum absolute atomic E-state index is 10.6. The lowest BCUT2D eigenvalue weighted by Gasteiger charge is -2.17. The minimum atomic E-state index is 0.300. The average molecular weight is 262 g/mol. The summed E-state index contributed by atoms with van der Waals surface area (Å²) in [6.07, 6.45) is 1.80. The molecule has 0 bridgehead atoms. The molecule has 0 saturated heterocycles. The van der Waals surface area contributed by atoms with E-state index in [0.717, 1.165) is 30.9 Å². The Kier molecular flexibility index (Phi) is 5.18. The summed E-state index contributed by atoms with van der Waals surface area (Å²) >= 11 is 7.13. The highest BCUT2D eigenvalue weighted by Gasteiger charge is 2.11. The van der Waals surface area contributed by atoms with Crippen LogP contribution >= 0.6 is 22.9 Å². The lowest BCUT2D eigenvalue weighted by atomic mass is 10.4. The Labute approximate surface area is 105 Å². The number of halogens is 1. The van der Waals surface area contributed by atoms with Crippen molar-refractivity contribution in [1.82, 2.24) is 9.88 Å². The number of anilines is 1. The monoisotopic (exact) mass is 261 g/mol. The van der Waals surface area contributed by atoms with Crippen molar-refractivity contribution in [1.29, 1.82) is 0 Å². The van der Waals surface area contributed by atoms with Gasteiger partial charge in [-0.1, -0.05) is 22.9 Å². The number of hydrogen-bond acceptors (Lipinski definition) is 5. The van der Waals surface area contributed by atoms with Gasteiger partial charge in [0.1, 0.15) is 4.88 Å². The Morgan fingerprint density at radius 3 is 2.56 bits per heavy atom. The number of thiazole rings is 1. The van der Waals surface area contributed by atoms with Crippen LogP contribution in [0.15, 0.2) is 0 Å². The Morgan fingerprint density at radius 2 is 2.06 bits per heavy atom. The smallest absolute Gasteiger partial charge is 0.187 e. The summed E-state index contributed by atoms with van der Waals surface area (Å²) in [6.45, 7) is 1.93. The molecule has 0 amide bonds. The fraction of sp³-hybridized carbons (Fsp3) is 0.600. The molecule has 0 unspecified atom stereocenters. The molecule has 16 heavy (non-hydrogen) atoms. The molecule has 0 atom stereocenters. The molecule has 0 N–H and O–H groups in total. The normalized spacial score (nSPS) is 10.8. The fourth-order valence-electron chi connectivity index (χ4n) is 1.26. The molecule has 1 rings (SSSR count). The van der Waals surface area contributed by atoms with Crippen molar-refractivity contribution < 1.29 is 4.79 Å². The standard InChI is InChI=1S/C10H16ClN3OS/c1-13(2)5-4-6-14(3)10-12-9(11)8(7-15)16-10/h7H,4-6H2,1-3H3. The van der Waals surface area contributed by atoms with E-state index < -0.39 is 0 Å². The highest BCUT2D eigenvalue weighted by molar-refractivity contribution is 7.17. The van der Waals surface area contributed by atoms with Crippen molar-refractivity contribution in [2.24, 2.45) is 0 Å². The zero-order chi connectivity index (χ0) is 12.1. The maximum Gasteiger partial charge on any atom is 0.187 e. The van der Waals surface area contributed by atoms with Crippen molar-refractivity contribution >= 4 is 34.4 Å². The van der Waals surface area contributed by atoms with E-state index in [-0.39, 0.29) is 0 Å². The van der Waals surface area contributed by atoms with Gasteiger partial charge in [0.25, 0.3) is 0 Å². The number of nitrogens with zero attached hydrogens (tertiary/aromatic N) is 3. The number of aromatic nitrogens is 1. The third-order valence-corrected chi connectivity index (χ3v) is 3.63. The summed E-state index contributed by atoms with van der Waals surface area (Å²) in [6, 6.07) is 0. The van der Waals surface area contributed by atoms with Crippen molar-refractivity contribution in [3.05, 3.63) is 10.0 Å². The van der Waals surface area contributed by atoms with Crippen LogP contribution in [-0.2, 0) is 0 Å². The Hall–Kier alpha value is -0.650. The number of rotatable bonds is 6. The van der Waals surface area contributed by atoms with Gasteiger partial charge in [0.15, 0.2) is 16.6 Å². The molecule has 6 heteroatoms. The molecule has 1 aromatic heterocycles. The first-order chi connectivity index (χ1) is 7.54.